The first-order valence-corrected chi connectivity index (χ1v) is 10.3. The first kappa shape index (κ1) is 22.5. The van der Waals surface area contributed by atoms with E-state index in [-0.39, 0.29) is 17.2 Å². The van der Waals surface area contributed by atoms with E-state index in [9.17, 15) is 13.9 Å². The second kappa shape index (κ2) is 10.7. The van der Waals surface area contributed by atoms with Gasteiger partial charge in [0.1, 0.15) is 0 Å². The molecule has 0 saturated carbocycles. The monoisotopic (exact) mass is 420 g/mol. The van der Waals surface area contributed by atoms with Crippen LogP contribution in [0.25, 0.3) is 28.6 Å². The Morgan fingerprint density at radius 1 is 1.00 bits per heavy atom. The second-order valence-electron chi connectivity index (χ2n) is 7.50. The third-order valence-electron chi connectivity index (χ3n) is 4.94. The summed E-state index contributed by atoms with van der Waals surface area (Å²) < 4.78 is 29.2. The maximum Gasteiger partial charge on any atom is 0.167 e. The molecule has 3 aromatic rings. The molecule has 0 aliphatic carbocycles. The van der Waals surface area contributed by atoms with Crippen LogP contribution in [-0.4, -0.2) is 21.2 Å². The molecular formula is C26H26F2N2O. The number of aromatic nitrogens is 2. The van der Waals surface area contributed by atoms with Crippen molar-refractivity contribution in [3.8, 4) is 22.5 Å². The van der Waals surface area contributed by atoms with Crippen molar-refractivity contribution in [2.45, 2.75) is 38.7 Å². The van der Waals surface area contributed by atoms with Crippen LogP contribution in [0, 0.1) is 11.6 Å². The van der Waals surface area contributed by atoms with E-state index in [0.29, 0.717) is 30.7 Å². The van der Waals surface area contributed by atoms with Crippen LogP contribution in [-0.2, 0) is 6.42 Å². The van der Waals surface area contributed by atoms with E-state index in [1.54, 1.807) is 73.9 Å². The van der Waals surface area contributed by atoms with Crippen LogP contribution >= 0.6 is 0 Å². The molecule has 0 amide bonds. The summed E-state index contributed by atoms with van der Waals surface area (Å²) in [6.07, 6.45) is 11.2. The fourth-order valence-corrected chi connectivity index (χ4v) is 3.23. The molecular weight excluding hydrogens is 394 g/mol. The highest BCUT2D eigenvalue weighted by atomic mass is 19.2. The number of hydrogen-bond donors (Lipinski definition) is 1. The van der Waals surface area contributed by atoms with Crippen LogP contribution in [0.4, 0.5) is 8.78 Å². The van der Waals surface area contributed by atoms with Crippen molar-refractivity contribution >= 4 is 6.08 Å². The molecule has 2 aromatic carbocycles. The van der Waals surface area contributed by atoms with Crippen molar-refractivity contribution in [1.82, 2.24) is 9.97 Å². The average molecular weight is 421 g/mol. The Kier molecular flexibility index (Phi) is 7.79. The largest absolute Gasteiger partial charge is 0.393 e. The molecule has 160 valence electrons. The normalized spacial score (nSPS) is 12.3. The fourth-order valence-electron chi connectivity index (χ4n) is 3.23. The van der Waals surface area contributed by atoms with Gasteiger partial charge in [0.25, 0.3) is 0 Å². The summed E-state index contributed by atoms with van der Waals surface area (Å²) in [5.74, 6) is -1.17. The molecule has 0 aliphatic rings. The van der Waals surface area contributed by atoms with Crippen molar-refractivity contribution in [1.29, 1.82) is 0 Å². The lowest BCUT2D eigenvalue weighted by atomic mass is 10.0. The van der Waals surface area contributed by atoms with Gasteiger partial charge < -0.3 is 5.11 Å². The van der Waals surface area contributed by atoms with E-state index in [1.165, 1.54) is 0 Å². The third-order valence-corrected chi connectivity index (χ3v) is 4.94. The number of benzene rings is 2. The van der Waals surface area contributed by atoms with Crippen LogP contribution in [0.5, 0.6) is 0 Å². The van der Waals surface area contributed by atoms with Crippen molar-refractivity contribution in [2.75, 3.05) is 0 Å². The Bertz CT molecular complexity index is 1040. The van der Waals surface area contributed by atoms with Gasteiger partial charge in [0.05, 0.1) is 6.10 Å². The maximum absolute atomic E-state index is 14.7. The van der Waals surface area contributed by atoms with Crippen molar-refractivity contribution < 1.29 is 13.9 Å². The number of halogens is 2. The van der Waals surface area contributed by atoms with E-state index in [4.69, 9.17) is 0 Å². The zero-order chi connectivity index (χ0) is 22.2. The van der Waals surface area contributed by atoms with Gasteiger partial charge in [0, 0.05) is 29.1 Å². The molecule has 0 aliphatic heterocycles. The van der Waals surface area contributed by atoms with E-state index in [2.05, 4.69) is 16.5 Å². The summed E-state index contributed by atoms with van der Waals surface area (Å²) in [5.41, 5.74) is 2.77. The fraction of sp³-hybridized carbons (Fsp3) is 0.231. The highest BCUT2D eigenvalue weighted by molar-refractivity contribution is 5.70. The molecule has 0 bridgehead atoms. The second-order valence-corrected chi connectivity index (χ2v) is 7.50. The van der Waals surface area contributed by atoms with E-state index < -0.39 is 11.6 Å². The van der Waals surface area contributed by atoms with Gasteiger partial charge in [0.2, 0.25) is 0 Å². The summed E-state index contributed by atoms with van der Waals surface area (Å²) in [5, 5.41) is 9.26. The summed E-state index contributed by atoms with van der Waals surface area (Å²) in [4.78, 5) is 8.70. The minimum Gasteiger partial charge on any atom is -0.393 e. The lowest BCUT2D eigenvalue weighted by molar-refractivity contribution is 0.182. The Balaban J connectivity index is 1.74. The highest BCUT2D eigenvalue weighted by Gasteiger charge is 2.14. The summed E-state index contributed by atoms with van der Waals surface area (Å²) >= 11 is 0. The molecule has 1 atom stereocenters. The van der Waals surface area contributed by atoms with Gasteiger partial charge in [0.15, 0.2) is 17.5 Å². The molecule has 5 heteroatoms. The van der Waals surface area contributed by atoms with Gasteiger partial charge in [-0.1, -0.05) is 54.6 Å². The Morgan fingerprint density at radius 2 is 1.68 bits per heavy atom. The molecule has 31 heavy (non-hydrogen) atoms. The molecule has 1 N–H and O–H groups in total. The minimum absolute atomic E-state index is 0.206. The number of aliphatic hydroxyl groups excluding tert-OH is 1. The molecule has 0 saturated heterocycles. The van der Waals surface area contributed by atoms with Gasteiger partial charge in [-0.3, -0.25) is 0 Å². The molecule has 0 fully saturated rings. The molecule has 0 spiro atoms. The van der Waals surface area contributed by atoms with Gasteiger partial charge in [-0.15, -0.1) is 6.58 Å². The van der Waals surface area contributed by atoms with Crippen LogP contribution in [0.3, 0.4) is 0 Å². The lowest BCUT2D eigenvalue weighted by Gasteiger charge is -2.08. The quantitative estimate of drug-likeness (QED) is 0.323. The van der Waals surface area contributed by atoms with Crippen molar-refractivity contribution in [3.63, 3.8) is 0 Å². The smallest absolute Gasteiger partial charge is 0.167 e. The Hall–Kier alpha value is -3.18. The lowest BCUT2D eigenvalue weighted by Crippen LogP contribution is -1.97. The number of rotatable bonds is 9. The number of aliphatic hydroxyl groups is 1. The van der Waals surface area contributed by atoms with Crippen LogP contribution in [0.1, 0.15) is 37.3 Å². The van der Waals surface area contributed by atoms with Crippen LogP contribution in [0.15, 0.2) is 67.5 Å². The van der Waals surface area contributed by atoms with Crippen LogP contribution in [0.2, 0.25) is 0 Å². The molecule has 1 heterocycles. The van der Waals surface area contributed by atoms with E-state index >= 15 is 0 Å². The summed E-state index contributed by atoms with van der Waals surface area (Å²) in [6, 6.07) is 10.2. The average Bonchev–Trinajstić information content (AvgIpc) is 2.77. The Labute approximate surface area is 181 Å². The van der Waals surface area contributed by atoms with Gasteiger partial charge in [-0.05, 0) is 43.7 Å². The van der Waals surface area contributed by atoms with Crippen LogP contribution < -0.4 is 0 Å². The van der Waals surface area contributed by atoms with E-state index in [1.807, 2.05) is 0 Å². The van der Waals surface area contributed by atoms with Crippen molar-refractivity contribution in [3.05, 3.63) is 90.3 Å². The zero-order valence-corrected chi connectivity index (χ0v) is 17.6. The molecule has 3 rings (SSSR count). The molecule has 1 unspecified atom stereocenters. The highest BCUT2D eigenvalue weighted by Crippen LogP contribution is 2.28. The maximum atomic E-state index is 14.7. The van der Waals surface area contributed by atoms with E-state index in [0.717, 1.165) is 17.5 Å². The standard InChI is InChI=1S/C26H26F2N2O/c1-3-7-19-16-29-26(30-17-19)22-12-10-20(11-13-22)23-15-14-21(24(27)25(23)28)9-6-4-5-8-18(2)31/h3,6,9-18,31H,1,4-5,7-8H2,2H3. The predicted octanol–water partition coefficient (Wildman–Crippen LogP) is 6.38. The molecule has 0 radical (unpaired) electrons. The van der Waals surface area contributed by atoms with Crippen molar-refractivity contribution in [2.24, 2.45) is 0 Å². The topological polar surface area (TPSA) is 46.0 Å². The number of unbranched alkanes of at least 4 members (excludes halogenated alkanes) is 1. The third kappa shape index (κ3) is 5.92. The van der Waals surface area contributed by atoms with Gasteiger partial charge >= 0.3 is 0 Å². The first-order chi connectivity index (χ1) is 15.0. The molecule has 1 aromatic heterocycles. The SMILES string of the molecule is C=CCc1cnc(-c2ccc(-c3ccc(C=CCCCC(C)O)c(F)c3F)cc2)nc1. The number of nitrogens with zero attached hydrogens (tertiary/aromatic N) is 2. The number of allylic oxidation sites excluding steroid dienone is 2. The van der Waals surface area contributed by atoms with Gasteiger partial charge in [-0.2, -0.15) is 0 Å². The predicted molar refractivity (Wildman–Crippen MR) is 121 cm³/mol. The minimum atomic E-state index is -0.871. The number of hydrogen-bond acceptors (Lipinski definition) is 3. The Morgan fingerprint density at radius 3 is 2.32 bits per heavy atom. The summed E-state index contributed by atoms with van der Waals surface area (Å²) in [6.45, 7) is 5.43. The summed E-state index contributed by atoms with van der Waals surface area (Å²) in [7, 11) is 0. The first-order valence-electron chi connectivity index (χ1n) is 10.3. The zero-order valence-electron chi connectivity index (χ0n) is 17.6. The molecule has 3 nitrogen and oxygen atoms in total. The van der Waals surface area contributed by atoms with Gasteiger partial charge in [-0.25, -0.2) is 18.7 Å².